The zero-order valence-electron chi connectivity index (χ0n) is 26.4. The average Bonchev–Trinajstić information content (AvgIpc) is 3.27. The van der Waals surface area contributed by atoms with Gasteiger partial charge in [-0.15, -0.1) is 0 Å². The van der Waals surface area contributed by atoms with Crippen LogP contribution in [0.1, 0.15) is 116 Å². The molecular weight excluding hydrogens is 508 g/mol. The first-order chi connectivity index (χ1) is 19.5. The number of allylic oxidation sites excluding steroid dienone is 1. The van der Waals surface area contributed by atoms with Crippen LogP contribution in [-0.2, 0) is 9.47 Å². The van der Waals surface area contributed by atoms with E-state index in [0.29, 0.717) is 34.4 Å². The summed E-state index contributed by atoms with van der Waals surface area (Å²) in [6.07, 6.45) is 17.3. The highest BCUT2D eigenvalue weighted by Crippen LogP contribution is 2.67. The second kappa shape index (κ2) is 12.3. The van der Waals surface area contributed by atoms with Crippen LogP contribution in [0, 0.1) is 46.3 Å². The highest BCUT2D eigenvalue weighted by molar-refractivity contribution is 5.91. The van der Waals surface area contributed by atoms with E-state index < -0.39 is 5.97 Å². The molecule has 5 heteroatoms. The first kappa shape index (κ1) is 30.4. The van der Waals surface area contributed by atoms with Gasteiger partial charge in [-0.25, -0.2) is 4.79 Å². The number of anilines is 2. The molecule has 4 aliphatic rings. The molecule has 0 radical (unpaired) electrons. The molecule has 0 spiro atoms. The van der Waals surface area contributed by atoms with Crippen molar-refractivity contribution in [2.75, 3.05) is 24.7 Å². The molecule has 5 nitrogen and oxygen atoms in total. The van der Waals surface area contributed by atoms with Gasteiger partial charge in [0.15, 0.2) is 0 Å². The Kier molecular flexibility index (Phi) is 9.14. The zero-order valence-corrected chi connectivity index (χ0v) is 26.4. The lowest BCUT2D eigenvalue weighted by Crippen LogP contribution is -2.51. The largest absolute Gasteiger partial charge is 0.460 e. The standard InChI is InChI=1S/C36H56N2O3/c1-23(2)7-6-8-24(3)31-11-12-32-30-10-9-26-21-29(13-15-35(26,4)33(30)14-16-36(31,32)5)40-17-18-41-34(39)25-19-27(37)22-28(38)20-25/h9,19-20,22-24,29-33H,6-8,10-18,21,37-38H2,1-5H3. The Morgan fingerprint density at radius 2 is 1.71 bits per heavy atom. The molecule has 0 aromatic heterocycles. The highest BCUT2D eigenvalue weighted by Gasteiger charge is 2.59. The van der Waals surface area contributed by atoms with Crippen LogP contribution in [-0.4, -0.2) is 25.3 Å². The number of carbonyl (C=O) groups excluding carboxylic acids is 1. The molecule has 4 N–H and O–H groups in total. The molecule has 0 saturated heterocycles. The number of fused-ring (bicyclic) bond motifs is 5. The molecule has 8 atom stereocenters. The molecule has 41 heavy (non-hydrogen) atoms. The SMILES string of the molecule is CC(C)CCCC(C)C1CCC2C3CC=C4CC(OCCOC(=O)c5cc(N)cc(N)c5)CCC4(C)C3CCC12C. The molecule has 0 bridgehead atoms. The van der Waals surface area contributed by atoms with Gasteiger partial charge in [-0.3, -0.25) is 0 Å². The zero-order chi connectivity index (χ0) is 29.4. The van der Waals surface area contributed by atoms with E-state index in [4.69, 9.17) is 20.9 Å². The molecule has 3 fully saturated rings. The molecule has 4 aliphatic carbocycles. The van der Waals surface area contributed by atoms with Gasteiger partial charge in [-0.05, 0) is 116 Å². The molecule has 0 amide bonds. The van der Waals surface area contributed by atoms with E-state index in [2.05, 4.69) is 40.7 Å². The maximum absolute atomic E-state index is 12.4. The minimum Gasteiger partial charge on any atom is -0.460 e. The summed E-state index contributed by atoms with van der Waals surface area (Å²) in [5.41, 5.74) is 15.4. The van der Waals surface area contributed by atoms with Gasteiger partial charge in [0, 0.05) is 11.4 Å². The van der Waals surface area contributed by atoms with Crippen molar-refractivity contribution in [3.8, 4) is 0 Å². The average molecular weight is 565 g/mol. The van der Waals surface area contributed by atoms with Crippen LogP contribution in [0.2, 0.25) is 0 Å². The summed E-state index contributed by atoms with van der Waals surface area (Å²) in [4.78, 5) is 12.4. The number of esters is 1. The van der Waals surface area contributed by atoms with Crippen molar-refractivity contribution in [3.63, 3.8) is 0 Å². The fraction of sp³-hybridized carbons (Fsp3) is 0.750. The molecular formula is C36H56N2O3. The number of carbonyl (C=O) groups is 1. The Hall–Kier alpha value is -2.01. The Bertz CT molecular complexity index is 1090. The van der Waals surface area contributed by atoms with Gasteiger partial charge in [0.05, 0.1) is 18.3 Å². The quantitative estimate of drug-likeness (QED) is 0.129. The minimum atomic E-state index is -0.409. The van der Waals surface area contributed by atoms with Crippen LogP contribution in [0.15, 0.2) is 29.8 Å². The molecule has 0 aliphatic heterocycles. The van der Waals surface area contributed by atoms with Crippen LogP contribution in [0.4, 0.5) is 11.4 Å². The van der Waals surface area contributed by atoms with Crippen molar-refractivity contribution in [2.45, 2.75) is 111 Å². The molecule has 1 aromatic carbocycles. The molecule has 228 valence electrons. The number of hydrogen-bond donors (Lipinski definition) is 2. The van der Waals surface area contributed by atoms with Crippen LogP contribution < -0.4 is 11.5 Å². The van der Waals surface area contributed by atoms with E-state index in [1.54, 1.807) is 23.8 Å². The van der Waals surface area contributed by atoms with Crippen LogP contribution in [0.5, 0.6) is 0 Å². The summed E-state index contributed by atoms with van der Waals surface area (Å²) in [5.74, 6) is 4.76. The minimum absolute atomic E-state index is 0.212. The number of nitrogen functional groups attached to an aromatic ring is 2. The summed E-state index contributed by atoms with van der Waals surface area (Å²) < 4.78 is 11.7. The Morgan fingerprint density at radius 3 is 2.44 bits per heavy atom. The van der Waals surface area contributed by atoms with Crippen molar-refractivity contribution in [1.29, 1.82) is 0 Å². The van der Waals surface area contributed by atoms with E-state index in [1.807, 2.05) is 0 Å². The van der Waals surface area contributed by atoms with Gasteiger partial charge < -0.3 is 20.9 Å². The van der Waals surface area contributed by atoms with Gasteiger partial charge in [0.25, 0.3) is 0 Å². The van der Waals surface area contributed by atoms with Crippen molar-refractivity contribution >= 4 is 17.3 Å². The molecule has 3 saturated carbocycles. The van der Waals surface area contributed by atoms with Crippen LogP contribution >= 0.6 is 0 Å². The fourth-order valence-corrected chi connectivity index (χ4v) is 10.0. The summed E-state index contributed by atoms with van der Waals surface area (Å²) in [6.45, 7) is 13.2. The summed E-state index contributed by atoms with van der Waals surface area (Å²) in [7, 11) is 0. The molecule has 1 aromatic rings. The molecule has 0 heterocycles. The van der Waals surface area contributed by atoms with Crippen molar-refractivity contribution in [2.24, 2.45) is 46.3 Å². The van der Waals surface area contributed by atoms with Gasteiger partial charge >= 0.3 is 5.97 Å². The predicted octanol–water partition coefficient (Wildman–Crippen LogP) is 8.43. The molecule has 8 unspecified atom stereocenters. The van der Waals surface area contributed by atoms with E-state index >= 15 is 0 Å². The number of rotatable bonds is 10. The van der Waals surface area contributed by atoms with Crippen molar-refractivity contribution in [1.82, 2.24) is 0 Å². The maximum atomic E-state index is 12.4. The Morgan fingerprint density at radius 1 is 0.951 bits per heavy atom. The van der Waals surface area contributed by atoms with E-state index in [9.17, 15) is 4.79 Å². The normalized spacial score (nSPS) is 35.3. The number of nitrogens with two attached hydrogens (primary N) is 2. The number of ether oxygens (including phenoxy) is 2. The third-order valence-corrected chi connectivity index (χ3v) is 12.1. The van der Waals surface area contributed by atoms with E-state index in [1.165, 1.54) is 57.8 Å². The number of benzene rings is 1. The lowest BCUT2D eigenvalue weighted by Gasteiger charge is -2.58. The van der Waals surface area contributed by atoms with Gasteiger partial charge in [-0.2, -0.15) is 0 Å². The lowest BCUT2D eigenvalue weighted by atomic mass is 9.47. The first-order valence-electron chi connectivity index (χ1n) is 16.7. The first-order valence-corrected chi connectivity index (χ1v) is 16.7. The number of hydrogen-bond acceptors (Lipinski definition) is 5. The lowest BCUT2D eigenvalue weighted by molar-refractivity contribution is -0.0664. The van der Waals surface area contributed by atoms with Crippen LogP contribution in [0.3, 0.4) is 0 Å². The fourth-order valence-electron chi connectivity index (χ4n) is 10.0. The van der Waals surface area contributed by atoms with E-state index in [-0.39, 0.29) is 12.7 Å². The second-order valence-electron chi connectivity index (χ2n) is 15.0. The second-order valence-corrected chi connectivity index (χ2v) is 15.0. The summed E-state index contributed by atoms with van der Waals surface area (Å²) in [5, 5.41) is 0. The molecule has 5 rings (SSSR count). The third kappa shape index (κ3) is 6.21. The van der Waals surface area contributed by atoms with Gasteiger partial charge in [-0.1, -0.05) is 65.5 Å². The monoisotopic (exact) mass is 564 g/mol. The van der Waals surface area contributed by atoms with Crippen molar-refractivity contribution in [3.05, 3.63) is 35.4 Å². The topological polar surface area (TPSA) is 87.6 Å². The van der Waals surface area contributed by atoms with Gasteiger partial charge in [0.2, 0.25) is 0 Å². The predicted molar refractivity (Wildman–Crippen MR) is 168 cm³/mol. The van der Waals surface area contributed by atoms with E-state index in [0.717, 1.165) is 48.3 Å². The third-order valence-electron chi connectivity index (χ3n) is 12.1. The Labute approximate surface area is 249 Å². The Balaban J connectivity index is 1.14. The smallest absolute Gasteiger partial charge is 0.338 e. The maximum Gasteiger partial charge on any atom is 0.338 e. The summed E-state index contributed by atoms with van der Waals surface area (Å²) >= 11 is 0. The van der Waals surface area contributed by atoms with Crippen molar-refractivity contribution < 1.29 is 14.3 Å². The highest BCUT2D eigenvalue weighted by atomic mass is 16.6. The summed E-state index contributed by atoms with van der Waals surface area (Å²) in [6, 6.07) is 4.82. The van der Waals surface area contributed by atoms with Crippen LogP contribution in [0.25, 0.3) is 0 Å². The van der Waals surface area contributed by atoms with Gasteiger partial charge in [0.1, 0.15) is 6.61 Å².